The Bertz CT molecular complexity index is 1240. The number of fused-ring (bicyclic) bond motifs is 1. The number of hydrogen-bond donors (Lipinski definition) is 2. The standard InChI is InChI=1S/C26H33F3N4O3/c1-16-17(5-6-19-22(16)36-23(35)32-19)13-18(33(3)4)15-31-21(34)14-20(24(2)9-11-30-12-10-24)25(7-8-25)26(27,28)29/h5-6,9,11-12,18,20H,7-8,10,13-15H2,1-4H3,(H,31,34)(H,32,35)/t18-,20-,24?/m0/s1. The normalized spacial score (nSPS) is 22.7. The van der Waals surface area contributed by atoms with Crippen LogP contribution in [0.5, 0.6) is 0 Å². The van der Waals surface area contributed by atoms with Gasteiger partial charge in [-0.1, -0.05) is 19.1 Å². The number of hydrogen-bond acceptors (Lipinski definition) is 5. The second-order valence-corrected chi connectivity index (χ2v) is 10.6. The van der Waals surface area contributed by atoms with E-state index in [0.29, 0.717) is 23.9 Å². The molecule has 0 saturated heterocycles. The summed E-state index contributed by atoms with van der Waals surface area (Å²) in [5, 5.41) is 2.90. The molecule has 3 atom stereocenters. The van der Waals surface area contributed by atoms with Crippen molar-refractivity contribution in [3.8, 4) is 0 Å². The average Bonchev–Trinajstić information content (AvgIpc) is 3.52. The number of carbonyl (C=O) groups excluding carboxylic acids is 1. The van der Waals surface area contributed by atoms with Crippen LogP contribution in [0.3, 0.4) is 0 Å². The highest BCUT2D eigenvalue weighted by Gasteiger charge is 2.69. The van der Waals surface area contributed by atoms with Gasteiger partial charge in [0.1, 0.15) is 0 Å². The molecule has 2 heterocycles. The number of likely N-dealkylation sites (N-methyl/N-ethyl adjacent to an activating group) is 1. The van der Waals surface area contributed by atoms with Gasteiger partial charge in [0.25, 0.3) is 0 Å². The lowest BCUT2D eigenvalue weighted by atomic mass is 9.64. The number of halogens is 3. The van der Waals surface area contributed by atoms with Gasteiger partial charge in [-0.05, 0) is 75.2 Å². The second-order valence-electron chi connectivity index (χ2n) is 10.6. The van der Waals surface area contributed by atoms with Gasteiger partial charge in [-0.25, -0.2) is 4.79 Å². The molecule has 2 aliphatic rings. The quantitative estimate of drug-likeness (QED) is 0.529. The molecular formula is C26H33F3N4O3. The molecule has 1 saturated carbocycles. The third-order valence-electron chi connectivity index (χ3n) is 8.05. The molecule has 0 radical (unpaired) electrons. The second kappa shape index (κ2) is 9.53. The Morgan fingerprint density at radius 1 is 1.31 bits per heavy atom. The summed E-state index contributed by atoms with van der Waals surface area (Å²) in [6, 6.07) is 3.59. The molecule has 36 heavy (non-hydrogen) atoms. The summed E-state index contributed by atoms with van der Waals surface area (Å²) >= 11 is 0. The molecule has 1 fully saturated rings. The molecule has 2 N–H and O–H groups in total. The van der Waals surface area contributed by atoms with E-state index in [4.69, 9.17) is 4.42 Å². The van der Waals surface area contributed by atoms with Crippen LogP contribution in [-0.2, 0) is 11.2 Å². The van der Waals surface area contributed by atoms with Crippen LogP contribution in [0.15, 0.2) is 38.6 Å². The molecule has 1 unspecified atom stereocenters. The number of H-pyrrole nitrogens is 1. The van der Waals surface area contributed by atoms with E-state index in [1.54, 1.807) is 25.3 Å². The zero-order valence-electron chi connectivity index (χ0n) is 21.0. The van der Waals surface area contributed by atoms with Gasteiger partial charge < -0.3 is 14.6 Å². The van der Waals surface area contributed by atoms with Crippen molar-refractivity contribution < 1.29 is 22.4 Å². The monoisotopic (exact) mass is 506 g/mol. The molecule has 10 heteroatoms. The largest absolute Gasteiger partial charge is 0.417 e. The van der Waals surface area contributed by atoms with Crippen LogP contribution in [0, 0.1) is 23.7 Å². The maximum absolute atomic E-state index is 14.1. The van der Waals surface area contributed by atoms with Crippen LogP contribution in [0.1, 0.15) is 43.7 Å². The van der Waals surface area contributed by atoms with Gasteiger partial charge in [0, 0.05) is 31.4 Å². The Labute approximate surface area is 207 Å². The summed E-state index contributed by atoms with van der Waals surface area (Å²) < 4.78 is 47.6. The van der Waals surface area contributed by atoms with E-state index < -0.39 is 28.7 Å². The first-order chi connectivity index (χ1) is 16.9. The van der Waals surface area contributed by atoms with Crippen molar-refractivity contribution in [3.05, 3.63) is 46.1 Å². The van der Waals surface area contributed by atoms with Crippen molar-refractivity contribution in [2.75, 3.05) is 20.6 Å². The molecule has 1 aromatic carbocycles. The van der Waals surface area contributed by atoms with Crippen molar-refractivity contribution in [2.24, 2.45) is 21.7 Å². The van der Waals surface area contributed by atoms with Crippen LogP contribution in [0.2, 0.25) is 0 Å². The van der Waals surface area contributed by atoms with Gasteiger partial charge >= 0.3 is 11.9 Å². The summed E-state index contributed by atoms with van der Waals surface area (Å²) in [7, 11) is 3.78. The highest BCUT2D eigenvalue weighted by Crippen LogP contribution is 2.67. The van der Waals surface area contributed by atoms with Crippen LogP contribution >= 0.6 is 0 Å². The Hall–Kier alpha value is -2.88. The minimum Gasteiger partial charge on any atom is -0.408 e. The number of benzene rings is 1. The summed E-state index contributed by atoms with van der Waals surface area (Å²) in [4.78, 5) is 33.2. The number of rotatable bonds is 9. The topological polar surface area (TPSA) is 90.7 Å². The van der Waals surface area contributed by atoms with Gasteiger partial charge in [0.05, 0.1) is 10.9 Å². The summed E-state index contributed by atoms with van der Waals surface area (Å²) in [6.45, 7) is 3.94. The van der Waals surface area contributed by atoms with Gasteiger partial charge in [-0.2, -0.15) is 13.2 Å². The number of oxazole rings is 1. The number of aromatic nitrogens is 1. The van der Waals surface area contributed by atoms with Crippen molar-refractivity contribution in [1.29, 1.82) is 0 Å². The fourth-order valence-electron chi connectivity index (χ4n) is 5.47. The Balaban J connectivity index is 1.47. The highest BCUT2D eigenvalue weighted by atomic mass is 19.4. The average molecular weight is 507 g/mol. The van der Waals surface area contributed by atoms with Crippen LogP contribution in [-0.4, -0.2) is 54.9 Å². The summed E-state index contributed by atoms with van der Waals surface area (Å²) in [6.07, 6.45) is 1.36. The minimum atomic E-state index is -4.36. The van der Waals surface area contributed by atoms with Gasteiger partial charge in [0.15, 0.2) is 5.58 Å². The predicted octanol–water partition coefficient (Wildman–Crippen LogP) is 4.36. The van der Waals surface area contributed by atoms with E-state index in [2.05, 4.69) is 15.3 Å². The van der Waals surface area contributed by atoms with E-state index in [1.807, 2.05) is 32.0 Å². The molecule has 1 amide bonds. The molecule has 1 aliphatic carbocycles. The van der Waals surface area contributed by atoms with Crippen molar-refractivity contribution in [2.45, 2.75) is 58.2 Å². The Morgan fingerprint density at radius 2 is 2.03 bits per heavy atom. The van der Waals surface area contributed by atoms with E-state index in [-0.39, 0.29) is 37.8 Å². The number of nitrogens with zero attached hydrogens (tertiary/aromatic N) is 2. The first kappa shape index (κ1) is 26.2. The maximum Gasteiger partial charge on any atom is 0.417 e. The number of aryl methyl sites for hydroxylation is 1. The molecule has 196 valence electrons. The molecule has 1 aromatic heterocycles. The molecule has 7 nitrogen and oxygen atoms in total. The molecule has 4 rings (SSSR count). The van der Waals surface area contributed by atoms with Crippen molar-refractivity contribution in [1.82, 2.24) is 15.2 Å². The lowest BCUT2D eigenvalue weighted by Crippen LogP contribution is -2.46. The molecule has 1 aliphatic heterocycles. The van der Waals surface area contributed by atoms with Gasteiger partial charge in [0.2, 0.25) is 5.91 Å². The van der Waals surface area contributed by atoms with Gasteiger partial charge in [-0.15, -0.1) is 0 Å². The number of amides is 1. The smallest absolute Gasteiger partial charge is 0.408 e. The number of aromatic amines is 1. The fourth-order valence-corrected chi connectivity index (χ4v) is 5.47. The van der Waals surface area contributed by atoms with Crippen LogP contribution < -0.4 is 11.1 Å². The summed E-state index contributed by atoms with van der Waals surface area (Å²) in [5.41, 5.74) is 0.298. The van der Waals surface area contributed by atoms with Crippen molar-refractivity contribution in [3.63, 3.8) is 0 Å². The Morgan fingerprint density at radius 3 is 2.61 bits per heavy atom. The number of nitrogens with one attached hydrogen (secondary N) is 2. The SMILES string of the molecule is Cc1c(C[C@@H](CNC(=O)C[C@@H](C2(C)C=CN=CC2)C2(C(F)(F)F)CC2)N(C)C)ccc2[nH]c(=O)oc12. The van der Waals surface area contributed by atoms with Crippen molar-refractivity contribution >= 4 is 23.2 Å². The van der Waals surface area contributed by atoms with E-state index in [0.717, 1.165) is 11.1 Å². The maximum atomic E-state index is 14.1. The van der Waals surface area contributed by atoms with E-state index in [9.17, 15) is 22.8 Å². The first-order valence-corrected chi connectivity index (χ1v) is 12.2. The van der Waals surface area contributed by atoms with Crippen LogP contribution in [0.4, 0.5) is 13.2 Å². The predicted molar refractivity (Wildman–Crippen MR) is 132 cm³/mol. The molecule has 0 bridgehead atoms. The fraction of sp³-hybridized carbons (Fsp3) is 0.577. The molecule has 2 aromatic rings. The minimum absolute atomic E-state index is 0.0480. The van der Waals surface area contributed by atoms with Crippen LogP contribution in [0.25, 0.3) is 11.1 Å². The zero-order valence-corrected chi connectivity index (χ0v) is 21.0. The number of carbonyl (C=O) groups is 1. The molecule has 0 spiro atoms. The molecular weight excluding hydrogens is 473 g/mol. The lowest BCUT2D eigenvalue weighted by molar-refractivity contribution is -0.212. The number of allylic oxidation sites excluding steroid dienone is 1. The van der Waals surface area contributed by atoms with Gasteiger partial charge in [-0.3, -0.25) is 14.8 Å². The number of aliphatic imine (C=N–C) groups is 1. The third kappa shape index (κ3) is 5.00. The number of alkyl halides is 3. The Kier molecular flexibility index (Phi) is 6.94. The van der Waals surface area contributed by atoms with E-state index in [1.165, 1.54) is 6.20 Å². The zero-order chi connectivity index (χ0) is 26.3. The highest BCUT2D eigenvalue weighted by molar-refractivity contribution is 5.77. The first-order valence-electron chi connectivity index (χ1n) is 12.2. The summed E-state index contributed by atoms with van der Waals surface area (Å²) in [5.74, 6) is -1.77. The lowest BCUT2D eigenvalue weighted by Gasteiger charge is -2.41. The third-order valence-corrected chi connectivity index (χ3v) is 8.05. The van der Waals surface area contributed by atoms with E-state index >= 15 is 0 Å².